The molecule has 0 fully saturated rings. The van der Waals surface area contributed by atoms with Crippen molar-refractivity contribution >= 4 is 8.32 Å². The zero-order valence-electron chi connectivity index (χ0n) is 17.8. The second-order valence-corrected chi connectivity index (χ2v) is 11.8. The van der Waals surface area contributed by atoms with Crippen LogP contribution in [0.15, 0.2) is 0 Å². The summed E-state index contributed by atoms with van der Waals surface area (Å²) in [5.74, 6) is 0. The topological polar surface area (TPSA) is 80.9 Å². The Labute approximate surface area is 168 Å². The molecule has 0 aliphatic rings. The van der Waals surface area contributed by atoms with Crippen LogP contribution in [0, 0.1) is 0 Å². The Morgan fingerprint density at radius 2 is 0.708 bits per heavy atom. The van der Waals surface area contributed by atoms with Crippen molar-refractivity contribution in [2.45, 2.75) is 98.2 Å². The fourth-order valence-corrected chi connectivity index (χ4v) is 6.00. The summed E-state index contributed by atoms with van der Waals surface area (Å²) in [7, 11) is -1.98. The summed E-state index contributed by atoms with van der Waals surface area (Å²) in [4.78, 5) is 10.4. The van der Waals surface area contributed by atoms with Crippen LogP contribution < -0.4 is 0 Å². The average Bonchev–Trinajstić information content (AvgIpc) is 2.53. The SMILES string of the molecule is CC(C)[Si](O)(C(C)C)C(C)C.CCCO.CCCO.CCCO.[Ti]. The Balaban J connectivity index is -0.0000000772. The molecule has 0 aromatic heterocycles. The molecule has 0 radical (unpaired) electrons. The molecule has 0 spiro atoms. The minimum Gasteiger partial charge on any atom is -0.431 e. The molecule has 0 bridgehead atoms. The van der Waals surface area contributed by atoms with Gasteiger partial charge in [0.15, 0.2) is 8.32 Å². The molecule has 150 valence electrons. The minimum absolute atomic E-state index is 0. The van der Waals surface area contributed by atoms with Gasteiger partial charge in [-0.1, -0.05) is 62.3 Å². The first-order valence-electron chi connectivity index (χ1n) is 9.12. The first-order valence-corrected chi connectivity index (χ1v) is 11.3. The largest absolute Gasteiger partial charge is 0.431 e. The first kappa shape index (κ1) is 35.8. The van der Waals surface area contributed by atoms with Crippen LogP contribution in [-0.2, 0) is 21.7 Å². The van der Waals surface area contributed by atoms with E-state index in [4.69, 9.17) is 15.3 Å². The van der Waals surface area contributed by atoms with Gasteiger partial charge < -0.3 is 20.1 Å². The number of hydrogen-bond donors (Lipinski definition) is 4. The Morgan fingerprint density at radius 3 is 0.708 bits per heavy atom. The summed E-state index contributed by atoms with van der Waals surface area (Å²) in [6, 6.07) is 0. The Morgan fingerprint density at radius 1 is 0.583 bits per heavy atom. The van der Waals surface area contributed by atoms with Crippen molar-refractivity contribution in [2.24, 2.45) is 0 Å². The summed E-state index contributed by atoms with van der Waals surface area (Å²) in [5, 5.41) is 23.6. The van der Waals surface area contributed by atoms with Gasteiger partial charge in [-0.25, -0.2) is 0 Å². The van der Waals surface area contributed by atoms with E-state index in [-0.39, 0.29) is 21.7 Å². The van der Waals surface area contributed by atoms with Crippen molar-refractivity contribution in [3.8, 4) is 0 Å². The second-order valence-electron chi connectivity index (χ2n) is 6.52. The number of rotatable bonds is 6. The molecule has 0 atom stereocenters. The third-order valence-electron chi connectivity index (χ3n) is 3.45. The van der Waals surface area contributed by atoms with Crippen LogP contribution in [0.3, 0.4) is 0 Å². The minimum atomic E-state index is -1.98. The zero-order chi connectivity index (χ0) is 19.5. The predicted molar refractivity (Wildman–Crippen MR) is 105 cm³/mol. The number of aliphatic hydroxyl groups is 3. The molecule has 6 heteroatoms. The van der Waals surface area contributed by atoms with Crippen molar-refractivity contribution in [3.63, 3.8) is 0 Å². The van der Waals surface area contributed by atoms with Gasteiger partial charge in [-0.05, 0) is 35.9 Å². The van der Waals surface area contributed by atoms with Gasteiger partial charge in [-0.15, -0.1) is 0 Å². The zero-order valence-corrected chi connectivity index (χ0v) is 20.3. The van der Waals surface area contributed by atoms with Gasteiger partial charge >= 0.3 is 0 Å². The van der Waals surface area contributed by atoms with Crippen LogP contribution in [0.2, 0.25) is 16.6 Å². The fraction of sp³-hybridized carbons (Fsp3) is 1.00. The molecule has 0 aromatic rings. The third-order valence-corrected chi connectivity index (χ3v) is 8.99. The van der Waals surface area contributed by atoms with Crippen LogP contribution in [-0.4, -0.2) is 48.3 Å². The van der Waals surface area contributed by atoms with E-state index in [1.807, 2.05) is 20.8 Å². The monoisotopic (exact) mass is 402 g/mol. The van der Waals surface area contributed by atoms with E-state index in [0.29, 0.717) is 36.4 Å². The first-order chi connectivity index (χ1) is 10.6. The molecule has 0 amide bonds. The molecule has 0 aliphatic heterocycles. The molecule has 0 aliphatic carbocycles. The van der Waals surface area contributed by atoms with Crippen LogP contribution in [0.25, 0.3) is 0 Å². The van der Waals surface area contributed by atoms with E-state index in [1.54, 1.807) is 0 Å². The van der Waals surface area contributed by atoms with E-state index in [9.17, 15) is 4.80 Å². The second kappa shape index (κ2) is 26.0. The van der Waals surface area contributed by atoms with Crippen molar-refractivity contribution in [1.29, 1.82) is 0 Å². The third kappa shape index (κ3) is 22.8. The summed E-state index contributed by atoms with van der Waals surface area (Å²) in [5.41, 5.74) is 1.42. The van der Waals surface area contributed by atoms with E-state index in [0.717, 1.165) is 19.3 Å². The van der Waals surface area contributed by atoms with Crippen molar-refractivity contribution < 1.29 is 41.8 Å². The van der Waals surface area contributed by atoms with Gasteiger partial charge in [0.05, 0.1) is 0 Å². The van der Waals surface area contributed by atoms with E-state index >= 15 is 0 Å². The molecular weight excluding hydrogens is 356 g/mol. The van der Waals surface area contributed by atoms with Gasteiger partial charge in [-0.2, -0.15) is 0 Å². The van der Waals surface area contributed by atoms with E-state index in [2.05, 4.69) is 41.5 Å². The maximum absolute atomic E-state index is 10.4. The molecular formula is C18H46O4SiTi. The maximum atomic E-state index is 10.4. The fourth-order valence-electron chi connectivity index (χ4n) is 2.00. The Kier molecular flexibility index (Phi) is 38.8. The van der Waals surface area contributed by atoms with E-state index < -0.39 is 8.32 Å². The van der Waals surface area contributed by atoms with Gasteiger partial charge in [0, 0.05) is 41.5 Å². The summed E-state index contributed by atoms with van der Waals surface area (Å²) < 4.78 is 0. The standard InChI is InChI=1S/C9H22OSi.3C3H8O.Ti/c1-7(2)11(10,8(3)4)9(5)6;3*1-2-3-4;/h7-10H,1-6H3;3*4H,2-3H2,1H3;. The molecule has 0 aromatic carbocycles. The van der Waals surface area contributed by atoms with Gasteiger partial charge in [-0.3, -0.25) is 0 Å². The summed E-state index contributed by atoms with van der Waals surface area (Å²) >= 11 is 0. The summed E-state index contributed by atoms with van der Waals surface area (Å²) in [6.07, 6.45) is 2.62. The van der Waals surface area contributed by atoms with Crippen molar-refractivity contribution in [2.75, 3.05) is 19.8 Å². The summed E-state index contributed by atoms with van der Waals surface area (Å²) in [6.45, 7) is 19.6. The van der Waals surface area contributed by atoms with Crippen LogP contribution >= 0.6 is 0 Å². The molecule has 24 heavy (non-hydrogen) atoms. The average molecular weight is 403 g/mol. The molecule has 0 rings (SSSR count). The maximum Gasteiger partial charge on any atom is 0.196 e. The van der Waals surface area contributed by atoms with Gasteiger partial charge in [0.25, 0.3) is 0 Å². The molecule has 0 heterocycles. The van der Waals surface area contributed by atoms with Crippen molar-refractivity contribution in [3.05, 3.63) is 0 Å². The molecule has 0 saturated heterocycles. The van der Waals surface area contributed by atoms with Crippen molar-refractivity contribution in [1.82, 2.24) is 0 Å². The molecule has 0 unspecified atom stereocenters. The van der Waals surface area contributed by atoms with Crippen LogP contribution in [0.1, 0.15) is 81.6 Å². The molecule has 0 saturated carbocycles. The van der Waals surface area contributed by atoms with E-state index in [1.165, 1.54) is 0 Å². The Bertz CT molecular complexity index is 166. The quantitative estimate of drug-likeness (QED) is 0.499. The van der Waals surface area contributed by atoms with Crippen LogP contribution in [0.4, 0.5) is 0 Å². The Hall–Kier alpha value is 0.771. The number of aliphatic hydroxyl groups excluding tert-OH is 3. The van der Waals surface area contributed by atoms with Gasteiger partial charge in [0.1, 0.15) is 0 Å². The predicted octanol–water partition coefficient (Wildman–Crippen LogP) is 4.32. The smallest absolute Gasteiger partial charge is 0.196 e. The molecule has 4 nitrogen and oxygen atoms in total. The van der Waals surface area contributed by atoms with Crippen LogP contribution in [0.5, 0.6) is 0 Å². The molecule has 4 N–H and O–H groups in total. The number of hydrogen-bond acceptors (Lipinski definition) is 4. The van der Waals surface area contributed by atoms with Gasteiger partial charge in [0.2, 0.25) is 0 Å². The normalized spacial score (nSPS) is 10.0.